The third-order valence-electron chi connectivity index (χ3n) is 14.3. The molecule has 3 aliphatic heterocycles. The van der Waals surface area contributed by atoms with Crippen LogP contribution in [0.5, 0.6) is 5.75 Å². The molecular weight excluding hydrogens is 1060 g/mol. The van der Waals surface area contributed by atoms with Crippen LogP contribution in [0.4, 0.5) is 11.4 Å². The van der Waals surface area contributed by atoms with Gasteiger partial charge < -0.3 is 4.74 Å². The van der Waals surface area contributed by atoms with Gasteiger partial charge in [-0.05, 0) is 139 Å². The van der Waals surface area contributed by atoms with Crippen molar-refractivity contribution >= 4 is 71.3 Å². The first-order valence-corrected chi connectivity index (χ1v) is 30.1. The van der Waals surface area contributed by atoms with Crippen molar-refractivity contribution in [3.8, 4) is 5.75 Å². The molecule has 1 unspecified atom stereocenters. The minimum Gasteiger partial charge on any atom is -0.469 e. The van der Waals surface area contributed by atoms with Crippen molar-refractivity contribution in [2.75, 3.05) is 0 Å². The lowest BCUT2D eigenvalue weighted by molar-refractivity contribution is 0.103. The quantitative estimate of drug-likeness (QED) is 0.158. The molecule has 5 aromatic carbocycles. The number of Topliss-reactive ketones (excluding diaryl/α,β-unsaturated/α-hetero) is 3. The number of nitrogens with zero attached hydrogens (tertiary/aromatic N) is 2. The molecule has 5 aromatic rings. The van der Waals surface area contributed by atoms with Crippen molar-refractivity contribution in [2.24, 2.45) is 9.98 Å². The lowest BCUT2D eigenvalue weighted by atomic mass is 9.85. The van der Waals surface area contributed by atoms with Gasteiger partial charge in [0.2, 0.25) is 30.9 Å². The van der Waals surface area contributed by atoms with E-state index in [9.17, 15) is 31.2 Å². The van der Waals surface area contributed by atoms with Crippen LogP contribution in [-0.4, -0.2) is 50.4 Å². The zero-order chi connectivity index (χ0) is 61.5. The Hall–Kier alpha value is -7.67. The molecule has 2 aliphatic carbocycles. The van der Waals surface area contributed by atoms with Gasteiger partial charge in [0.05, 0.1) is 16.3 Å². The molecular formula is C70H78N2O8S2. The summed E-state index contributed by atoms with van der Waals surface area (Å²) < 4.78 is 53.7. The second-order valence-corrected chi connectivity index (χ2v) is 29.5. The fraction of sp³-hybridized carbons (Fsp3) is 0.300. The van der Waals surface area contributed by atoms with Gasteiger partial charge in [-0.15, -0.1) is 0 Å². The molecule has 3 heterocycles. The molecule has 0 saturated carbocycles. The fourth-order valence-electron chi connectivity index (χ4n) is 9.04. The Morgan fingerprint density at radius 2 is 0.890 bits per heavy atom. The average molecular weight is 1140 g/mol. The summed E-state index contributed by atoms with van der Waals surface area (Å²) in [5.41, 5.74) is 12.2. The van der Waals surface area contributed by atoms with Gasteiger partial charge in [-0.3, -0.25) is 14.4 Å². The number of hydrogen-bond acceptors (Lipinski definition) is 10. The Labute approximate surface area is 487 Å². The standard InChI is InChI=1S/2C15H16O.C14H15NO.C13H15NO2S.C13H16O3S/c1-5-10-8-11-9-12(15(2,3)4)6-7-13(11)14(10)16;1-5-10-8-11-6-7-12(15(2,3)4)9-13(11)14(10)16;1-5-11-13(16)10-7-6-9(14(2,3)4)8-12(10)15-11;1-5-12-14-10-7-6-9(13(2,3)4)8-11(10)17(12,15)16;1-5-12-16-10-7-6-9(13(2,3)4)8-11(10)17(12,14)15/h2*5-9H,1H2,2-4H3;5-8H,1H2,2-4H3;5-8H,1H2,2-4H3;5-8,12H,1H2,2-4H3. The Balaban J connectivity index is 0.000000165. The van der Waals surface area contributed by atoms with Crippen LogP contribution in [0, 0.1) is 0 Å². The van der Waals surface area contributed by atoms with E-state index in [1.54, 1.807) is 36.4 Å². The van der Waals surface area contributed by atoms with Gasteiger partial charge in [0.15, 0.2) is 16.6 Å². The number of hydrogen-bond donors (Lipinski definition) is 0. The Bertz CT molecular complexity index is 3750. The monoisotopic (exact) mass is 1140 g/mol. The molecule has 0 saturated heterocycles. The van der Waals surface area contributed by atoms with E-state index >= 15 is 0 Å². The van der Waals surface area contributed by atoms with Crippen LogP contribution in [0.3, 0.4) is 0 Å². The molecule has 10 nitrogen and oxygen atoms in total. The summed E-state index contributed by atoms with van der Waals surface area (Å²) in [6.07, 6.45) is 11.2. The van der Waals surface area contributed by atoms with E-state index in [1.807, 2.05) is 108 Å². The Morgan fingerprint density at radius 1 is 0.439 bits per heavy atom. The first-order valence-electron chi connectivity index (χ1n) is 27.1. The molecule has 428 valence electrons. The number of sulfone groups is 2. The Kier molecular flexibility index (Phi) is 18.0. The van der Waals surface area contributed by atoms with Crippen LogP contribution in [-0.2, 0) is 46.7 Å². The summed E-state index contributed by atoms with van der Waals surface area (Å²) in [6, 6.07) is 28.7. The zero-order valence-electron chi connectivity index (χ0n) is 50.3. The summed E-state index contributed by atoms with van der Waals surface area (Å²) in [6.45, 7) is 49.5. The van der Waals surface area contributed by atoms with Gasteiger partial charge in [-0.2, -0.15) is 0 Å². The maximum Gasteiger partial charge on any atom is 0.225 e. The van der Waals surface area contributed by atoms with E-state index in [0.717, 1.165) is 39.1 Å². The number of rotatable bonds is 5. The number of benzene rings is 5. The largest absolute Gasteiger partial charge is 0.469 e. The second-order valence-electron chi connectivity index (χ2n) is 25.7. The molecule has 0 fully saturated rings. The van der Waals surface area contributed by atoms with E-state index in [2.05, 4.69) is 117 Å². The SMILES string of the molecule is C=CC1=Cc2cc(C(C)(C)C)ccc2C1=O.C=CC1=Cc2ccc(C(C)(C)C)cc2C1=O.C=CC1=Nc2cc(C(C)(C)C)ccc2C1=O.C=CC1=Nc2ccc(C(C)(C)C)cc2S1(=O)=O.C=CC1Oc2ccc(C(C)(C)C)cc2S1(=O)=O. The van der Waals surface area contributed by atoms with Crippen molar-refractivity contribution in [3.05, 3.63) is 221 Å². The summed E-state index contributed by atoms with van der Waals surface area (Å²) in [4.78, 5) is 44.5. The van der Waals surface area contributed by atoms with Crippen molar-refractivity contribution in [1.82, 2.24) is 0 Å². The topological polar surface area (TPSA) is 153 Å². The van der Waals surface area contributed by atoms with Gasteiger partial charge in [0.25, 0.3) is 0 Å². The number of ether oxygens (including phenoxy) is 1. The predicted octanol–water partition coefficient (Wildman–Crippen LogP) is 16.6. The smallest absolute Gasteiger partial charge is 0.225 e. The normalized spacial score (nSPS) is 16.7. The van der Waals surface area contributed by atoms with Crippen molar-refractivity contribution in [3.63, 3.8) is 0 Å². The van der Waals surface area contributed by atoms with Crippen LogP contribution in [0.2, 0.25) is 0 Å². The predicted molar refractivity (Wildman–Crippen MR) is 339 cm³/mol. The molecule has 0 bridgehead atoms. The highest BCUT2D eigenvalue weighted by molar-refractivity contribution is 8.07. The molecule has 1 atom stereocenters. The highest BCUT2D eigenvalue weighted by atomic mass is 32.2. The summed E-state index contributed by atoms with van der Waals surface area (Å²) in [5.74, 6) is 0.579. The van der Waals surface area contributed by atoms with Gasteiger partial charge in [0.1, 0.15) is 16.4 Å². The molecule has 12 heteroatoms. The van der Waals surface area contributed by atoms with Gasteiger partial charge in [-0.1, -0.05) is 197 Å². The van der Waals surface area contributed by atoms with Gasteiger partial charge in [0, 0.05) is 27.8 Å². The molecule has 0 amide bonds. The highest BCUT2D eigenvalue weighted by Crippen LogP contribution is 2.40. The summed E-state index contributed by atoms with van der Waals surface area (Å²) in [7, 11) is -6.87. The molecule has 5 aliphatic rings. The molecule has 0 spiro atoms. The maximum atomic E-state index is 12.1. The number of aliphatic imine (C=N–C) groups is 2. The third kappa shape index (κ3) is 13.5. The molecule has 82 heavy (non-hydrogen) atoms. The van der Waals surface area contributed by atoms with Crippen molar-refractivity contribution in [1.29, 1.82) is 0 Å². The number of allylic oxidation sites excluding steroid dienone is 5. The summed E-state index contributed by atoms with van der Waals surface area (Å²) in [5, 5.41) is 0.0403. The maximum absolute atomic E-state index is 12.1. The number of fused-ring (bicyclic) bond motifs is 5. The van der Waals surface area contributed by atoms with Crippen LogP contribution in [0.15, 0.2) is 185 Å². The molecule has 0 N–H and O–H groups in total. The number of carbonyl (C=O) groups excluding carboxylic acids is 3. The van der Waals surface area contributed by atoms with E-state index < -0.39 is 25.1 Å². The molecule has 0 radical (unpaired) electrons. The number of carbonyl (C=O) groups is 3. The minimum atomic E-state index is -3.45. The minimum absolute atomic E-state index is 0.0227. The van der Waals surface area contributed by atoms with Gasteiger partial charge in [-0.25, -0.2) is 26.8 Å². The average Bonchev–Trinajstić information content (AvgIpc) is 4.35. The van der Waals surface area contributed by atoms with E-state index in [0.29, 0.717) is 38.8 Å². The molecule has 10 rings (SSSR count). The van der Waals surface area contributed by atoms with E-state index in [-0.39, 0.29) is 54.4 Å². The fourth-order valence-corrected chi connectivity index (χ4v) is 11.8. The van der Waals surface area contributed by atoms with E-state index in [1.165, 1.54) is 34.9 Å². The first kappa shape index (κ1) is 63.5. The van der Waals surface area contributed by atoms with E-state index in [4.69, 9.17) is 4.74 Å². The zero-order valence-corrected chi connectivity index (χ0v) is 51.9. The van der Waals surface area contributed by atoms with Crippen LogP contribution in [0.1, 0.15) is 174 Å². The van der Waals surface area contributed by atoms with Gasteiger partial charge >= 0.3 is 0 Å². The van der Waals surface area contributed by atoms with Crippen molar-refractivity contribution in [2.45, 2.75) is 146 Å². The highest BCUT2D eigenvalue weighted by Gasteiger charge is 2.38. The van der Waals surface area contributed by atoms with Crippen LogP contribution >= 0.6 is 0 Å². The van der Waals surface area contributed by atoms with Crippen LogP contribution < -0.4 is 4.74 Å². The van der Waals surface area contributed by atoms with Crippen molar-refractivity contribution < 1.29 is 36.0 Å². The Morgan fingerprint density at radius 3 is 1.40 bits per heavy atom. The lowest BCUT2D eigenvalue weighted by Gasteiger charge is -2.19. The van der Waals surface area contributed by atoms with Crippen LogP contribution in [0.25, 0.3) is 12.2 Å². The summed E-state index contributed by atoms with van der Waals surface area (Å²) >= 11 is 0. The second kappa shape index (κ2) is 23.3. The number of ketones is 3. The third-order valence-corrected chi connectivity index (χ3v) is 17.9. The molecule has 0 aromatic heterocycles. The lowest BCUT2D eigenvalue weighted by Crippen LogP contribution is -2.17. The first-order chi connectivity index (χ1) is 37.8.